The third-order valence-electron chi connectivity index (χ3n) is 1.77. The van der Waals surface area contributed by atoms with Gasteiger partial charge in [-0.2, -0.15) is 21.6 Å². The van der Waals surface area contributed by atoms with E-state index in [9.17, 15) is 21.6 Å². The molecule has 0 aromatic rings. The summed E-state index contributed by atoms with van der Waals surface area (Å²) in [6.45, 7) is 2.07. The van der Waals surface area contributed by atoms with Gasteiger partial charge in [-0.05, 0) is 13.0 Å². The van der Waals surface area contributed by atoms with E-state index in [0.29, 0.717) is 6.54 Å². The number of alkyl halides is 3. The normalized spacial score (nSPS) is 23.5. The van der Waals surface area contributed by atoms with Crippen LogP contribution in [0, 0.1) is 0 Å². The Morgan fingerprint density at radius 1 is 1.53 bits per heavy atom. The lowest BCUT2D eigenvalue weighted by atomic mass is 10.2. The molecule has 0 amide bonds. The summed E-state index contributed by atoms with van der Waals surface area (Å²) in [5, 5.41) is 2.90. The number of nitrogens with one attached hydrogen (secondary N) is 1. The molecule has 0 aromatic carbocycles. The molecular formula is C7H10F3NO3S. The molecule has 1 atom stereocenters. The summed E-state index contributed by atoms with van der Waals surface area (Å²) in [5.74, 6) is -0.168. The molecule has 15 heavy (non-hydrogen) atoms. The van der Waals surface area contributed by atoms with Crippen molar-refractivity contribution >= 4 is 10.1 Å². The summed E-state index contributed by atoms with van der Waals surface area (Å²) in [5.41, 5.74) is -5.37. The zero-order valence-electron chi connectivity index (χ0n) is 7.84. The summed E-state index contributed by atoms with van der Waals surface area (Å²) in [6.07, 6.45) is 1.44. The number of hydrogen-bond acceptors (Lipinski definition) is 4. The lowest BCUT2D eigenvalue weighted by Crippen LogP contribution is -2.32. The van der Waals surface area contributed by atoms with E-state index in [1.54, 1.807) is 6.92 Å². The molecule has 0 spiro atoms. The molecule has 0 bridgehead atoms. The molecule has 1 heterocycles. The Hall–Kier alpha value is -0.760. The van der Waals surface area contributed by atoms with Crippen LogP contribution in [0.15, 0.2) is 11.8 Å². The fourth-order valence-corrected chi connectivity index (χ4v) is 1.62. The summed E-state index contributed by atoms with van der Waals surface area (Å²) >= 11 is 0. The van der Waals surface area contributed by atoms with Crippen LogP contribution >= 0.6 is 0 Å². The average Bonchev–Trinajstić information content (AvgIpc) is 2.00. The van der Waals surface area contributed by atoms with Gasteiger partial charge in [-0.15, -0.1) is 0 Å². The van der Waals surface area contributed by atoms with Gasteiger partial charge in [0, 0.05) is 19.0 Å². The van der Waals surface area contributed by atoms with Crippen molar-refractivity contribution in [2.45, 2.75) is 24.9 Å². The van der Waals surface area contributed by atoms with E-state index >= 15 is 0 Å². The molecule has 0 unspecified atom stereocenters. The molecule has 0 fully saturated rings. The van der Waals surface area contributed by atoms with Crippen molar-refractivity contribution in [3.05, 3.63) is 11.8 Å². The van der Waals surface area contributed by atoms with Crippen molar-refractivity contribution < 1.29 is 25.8 Å². The molecule has 1 aliphatic heterocycles. The molecule has 0 aliphatic carbocycles. The molecule has 1 aliphatic rings. The topological polar surface area (TPSA) is 55.4 Å². The highest BCUT2D eigenvalue weighted by atomic mass is 32.2. The molecule has 0 saturated heterocycles. The van der Waals surface area contributed by atoms with Crippen LogP contribution in [0.3, 0.4) is 0 Å². The minimum atomic E-state index is -5.52. The van der Waals surface area contributed by atoms with E-state index < -0.39 is 15.6 Å². The number of hydrogen-bond donors (Lipinski definition) is 1. The van der Waals surface area contributed by atoms with Gasteiger partial charge >= 0.3 is 15.6 Å². The van der Waals surface area contributed by atoms with Gasteiger partial charge in [-0.1, -0.05) is 0 Å². The third-order valence-corrected chi connectivity index (χ3v) is 2.77. The first-order chi connectivity index (χ1) is 6.72. The molecule has 8 heteroatoms. The summed E-state index contributed by atoms with van der Waals surface area (Å²) < 4.78 is 61.0. The monoisotopic (exact) mass is 245 g/mol. The quantitative estimate of drug-likeness (QED) is 0.585. The minimum Gasteiger partial charge on any atom is -0.381 e. The first kappa shape index (κ1) is 12.3. The van der Waals surface area contributed by atoms with Crippen molar-refractivity contribution in [2.75, 3.05) is 6.54 Å². The molecule has 4 nitrogen and oxygen atoms in total. The zero-order valence-corrected chi connectivity index (χ0v) is 8.65. The van der Waals surface area contributed by atoms with Gasteiger partial charge in [0.1, 0.15) is 5.76 Å². The van der Waals surface area contributed by atoms with Gasteiger partial charge in [0.15, 0.2) is 0 Å². The smallest absolute Gasteiger partial charge is 0.381 e. The van der Waals surface area contributed by atoms with Crippen LogP contribution in [0.2, 0.25) is 0 Å². The van der Waals surface area contributed by atoms with Crippen LogP contribution in [0.25, 0.3) is 0 Å². The van der Waals surface area contributed by atoms with Crippen LogP contribution in [-0.4, -0.2) is 26.5 Å². The van der Waals surface area contributed by atoms with Crippen molar-refractivity contribution in [3.63, 3.8) is 0 Å². The second-order valence-corrected chi connectivity index (χ2v) is 4.65. The lowest BCUT2D eigenvalue weighted by Gasteiger charge is -2.19. The van der Waals surface area contributed by atoms with Crippen LogP contribution < -0.4 is 5.32 Å². The van der Waals surface area contributed by atoms with E-state index in [4.69, 9.17) is 0 Å². The lowest BCUT2D eigenvalue weighted by molar-refractivity contribution is -0.0524. The van der Waals surface area contributed by atoms with Gasteiger partial charge in [0.05, 0.1) is 0 Å². The Labute approximate surface area is 85.2 Å². The first-order valence-electron chi connectivity index (χ1n) is 4.17. The fraction of sp³-hybridized carbons (Fsp3) is 0.714. The Kier molecular flexibility index (Phi) is 3.29. The van der Waals surface area contributed by atoms with Crippen LogP contribution in [0.1, 0.15) is 13.3 Å². The maximum atomic E-state index is 11.9. The molecule has 88 valence electrons. The van der Waals surface area contributed by atoms with Gasteiger partial charge in [-0.3, -0.25) is 0 Å². The Balaban J connectivity index is 2.79. The first-order valence-corrected chi connectivity index (χ1v) is 5.58. The third kappa shape index (κ3) is 3.10. The highest BCUT2D eigenvalue weighted by Gasteiger charge is 2.48. The predicted molar refractivity (Wildman–Crippen MR) is 46.2 cm³/mol. The molecule has 0 saturated carbocycles. The summed E-state index contributed by atoms with van der Waals surface area (Å²) in [7, 11) is -5.52. The number of rotatable bonds is 2. The van der Waals surface area contributed by atoms with Crippen LogP contribution in [-0.2, 0) is 14.3 Å². The highest BCUT2D eigenvalue weighted by Crippen LogP contribution is 2.27. The highest BCUT2D eigenvalue weighted by molar-refractivity contribution is 7.87. The van der Waals surface area contributed by atoms with E-state index in [2.05, 4.69) is 9.50 Å². The van der Waals surface area contributed by atoms with Gasteiger partial charge in [-0.25, -0.2) is 0 Å². The van der Waals surface area contributed by atoms with Gasteiger partial charge in [0.25, 0.3) is 0 Å². The second-order valence-electron chi connectivity index (χ2n) is 3.11. The Morgan fingerprint density at radius 3 is 2.60 bits per heavy atom. The van der Waals surface area contributed by atoms with Gasteiger partial charge < -0.3 is 9.50 Å². The molecule has 0 aromatic heterocycles. The standard InChI is InChI=1S/C7H10F3NO3S/c1-5-4-6(2-3-11-5)14-15(12,13)7(8,9)10/h4-5,11H,2-3H2,1H3/t5-/m0/s1. The summed E-state index contributed by atoms with van der Waals surface area (Å²) in [6, 6.07) is -0.197. The van der Waals surface area contributed by atoms with E-state index in [-0.39, 0.29) is 18.2 Å². The maximum absolute atomic E-state index is 11.9. The summed E-state index contributed by atoms with van der Waals surface area (Å²) in [4.78, 5) is 0. The average molecular weight is 245 g/mol. The van der Waals surface area contributed by atoms with E-state index in [0.717, 1.165) is 0 Å². The molecule has 0 radical (unpaired) electrons. The van der Waals surface area contributed by atoms with Crippen LogP contribution in [0.5, 0.6) is 0 Å². The zero-order chi connectivity index (χ0) is 11.7. The second kappa shape index (κ2) is 4.01. The SMILES string of the molecule is C[C@H]1C=C(OS(=O)(=O)C(F)(F)F)CCN1. The Bertz CT molecular complexity index is 360. The fourth-order valence-electron chi connectivity index (χ4n) is 1.10. The van der Waals surface area contributed by atoms with Crippen molar-refractivity contribution in [1.29, 1.82) is 0 Å². The predicted octanol–water partition coefficient (Wildman–Crippen LogP) is 1.12. The molecule has 1 N–H and O–H groups in total. The van der Waals surface area contributed by atoms with Crippen molar-refractivity contribution in [2.24, 2.45) is 0 Å². The molecule has 1 rings (SSSR count). The largest absolute Gasteiger partial charge is 0.534 e. The number of halogens is 3. The van der Waals surface area contributed by atoms with E-state index in [1.807, 2.05) is 0 Å². The molecular weight excluding hydrogens is 235 g/mol. The minimum absolute atomic E-state index is 0.125. The van der Waals surface area contributed by atoms with Gasteiger partial charge in [0.2, 0.25) is 0 Å². The van der Waals surface area contributed by atoms with Crippen molar-refractivity contribution in [3.8, 4) is 0 Å². The van der Waals surface area contributed by atoms with E-state index in [1.165, 1.54) is 6.08 Å². The maximum Gasteiger partial charge on any atom is 0.534 e. The van der Waals surface area contributed by atoms with Crippen molar-refractivity contribution in [1.82, 2.24) is 5.32 Å². The Morgan fingerprint density at radius 2 is 2.13 bits per heavy atom. The van der Waals surface area contributed by atoms with Crippen LogP contribution in [0.4, 0.5) is 13.2 Å².